The number of carbonyl (C=O) groups excluding carboxylic acids is 2. The highest BCUT2D eigenvalue weighted by Gasteiger charge is 2.38. The van der Waals surface area contributed by atoms with Crippen LogP contribution in [0.25, 0.3) is 0 Å². The number of piperazine rings is 2. The Morgan fingerprint density at radius 2 is 1.24 bits per heavy atom. The van der Waals surface area contributed by atoms with Crippen molar-refractivity contribution in [1.29, 1.82) is 10.5 Å². The standard InChI is InChI=1S/C60H74ClFN14O4/c1-37-11-9-13-53(39(37)3)71-21-16-49-51(33-71)65-60(68-55(49)74-24-26-76(58(78)42(6)62)46(32-74)15-19-64)80-36-48-28-44(30-70(48)8)43-27-38(2)40(4)54(29-43)72-22-17-50-52(34-72)66-59(79-35-47-12-10-20-69(47)7)67-56(50)73-23-25-75(57(77)41(5)61)45(31-73)14-18-63/h9,11,13,27,29,44-48H,5-6,10,12,14-17,20-26,28,30-36H2,1-4,7-8H3/t44?,45-,46-,47-,48-/m0/s1. The zero-order chi connectivity index (χ0) is 56.5. The number of nitriles is 2. The van der Waals surface area contributed by atoms with Gasteiger partial charge in [-0.3, -0.25) is 14.5 Å². The number of anilines is 4. The molecule has 1 unspecified atom stereocenters. The van der Waals surface area contributed by atoms with Gasteiger partial charge < -0.3 is 43.8 Å². The molecule has 6 aliphatic rings. The zero-order valence-corrected chi connectivity index (χ0v) is 47.9. The molecule has 10 rings (SSSR count). The van der Waals surface area contributed by atoms with Crippen LogP contribution in [-0.4, -0.2) is 168 Å². The van der Waals surface area contributed by atoms with Crippen LogP contribution in [0.2, 0.25) is 0 Å². The lowest BCUT2D eigenvalue weighted by molar-refractivity contribution is -0.131. The van der Waals surface area contributed by atoms with Gasteiger partial charge in [-0.1, -0.05) is 43.0 Å². The molecule has 0 spiro atoms. The highest BCUT2D eigenvalue weighted by molar-refractivity contribution is 6.41. The number of hydrogen-bond acceptors (Lipinski definition) is 16. The van der Waals surface area contributed by atoms with E-state index in [4.69, 9.17) is 41.0 Å². The lowest BCUT2D eigenvalue weighted by atomic mass is 9.91. The molecule has 2 aromatic heterocycles. The van der Waals surface area contributed by atoms with Crippen molar-refractivity contribution < 1.29 is 23.5 Å². The van der Waals surface area contributed by atoms with Crippen LogP contribution in [0.3, 0.4) is 0 Å². The molecule has 0 saturated carbocycles. The van der Waals surface area contributed by atoms with Crippen molar-refractivity contribution in [2.75, 3.05) is 112 Å². The number of aryl methyl sites for hydroxylation is 2. The average Bonchev–Trinajstić information content (AvgIpc) is 4.12. The Bertz CT molecular complexity index is 3150. The van der Waals surface area contributed by atoms with E-state index >= 15 is 0 Å². The van der Waals surface area contributed by atoms with E-state index < -0.39 is 17.8 Å². The molecule has 2 aromatic carbocycles. The largest absolute Gasteiger partial charge is 0.462 e. The molecule has 6 aliphatic heterocycles. The number of ether oxygens (including phenoxy) is 2. The molecule has 422 valence electrons. The molecular weight excluding hydrogens is 1040 g/mol. The Kier molecular flexibility index (Phi) is 16.8. The van der Waals surface area contributed by atoms with Gasteiger partial charge in [0.1, 0.15) is 24.8 Å². The van der Waals surface area contributed by atoms with E-state index in [2.05, 4.69) is 127 Å². The topological polar surface area (TPSA) is 178 Å². The van der Waals surface area contributed by atoms with Gasteiger partial charge in [0.15, 0.2) is 5.83 Å². The first-order chi connectivity index (χ1) is 38.5. The second-order valence-corrected chi connectivity index (χ2v) is 23.2. The normalized spacial score (nSPS) is 22.4. The molecule has 4 saturated heterocycles. The number of benzene rings is 2. The Morgan fingerprint density at radius 3 is 1.79 bits per heavy atom. The van der Waals surface area contributed by atoms with Gasteiger partial charge in [0.2, 0.25) is 0 Å². The number of amides is 2. The fourth-order valence-corrected chi connectivity index (χ4v) is 13.0. The van der Waals surface area contributed by atoms with Crippen LogP contribution in [0.1, 0.15) is 88.4 Å². The molecule has 18 nitrogen and oxygen atoms in total. The number of rotatable bonds is 15. The number of fused-ring (bicyclic) bond motifs is 2. The van der Waals surface area contributed by atoms with Gasteiger partial charge >= 0.3 is 12.0 Å². The van der Waals surface area contributed by atoms with Crippen LogP contribution in [0.15, 0.2) is 54.3 Å². The lowest BCUT2D eigenvalue weighted by Gasteiger charge is -2.42. The maximum Gasteiger partial charge on any atom is 0.318 e. The van der Waals surface area contributed by atoms with E-state index in [0.717, 1.165) is 85.3 Å². The number of likely N-dealkylation sites (tertiary alicyclic amines) is 2. The summed E-state index contributed by atoms with van der Waals surface area (Å²) in [6, 6.07) is 15.6. The Hall–Kier alpha value is -7.06. The highest BCUT2D eigenvalue weighted by atomic mass is 35.5. The van der Waals surface area contributed by atoms with E-state index in [0.29, 0.717) is 77.9 Å². The third-order valence-corrected chi connectivity index (χ3v) is 18.0. The molecule has 8 heterocycles. The molecular formula is C60H74ClFN14O4. The summed E-state index contributed by atoms with van der Waals surface area (Å²) in [4.78, 5) is 63.3. The van der Waals surface area contributed by atoms with Crippen molar-refractivity contribution in [3.8, 4) is 24.2 Å². The molecule has 0 aliphatic carbocycles. The van der Waals surface area contributed by atoms with Gasteiger partial charge in [-0.25, -0.2) is 4.39 Å². The van der Waals surface area contributed by atoms with Crippen molar-refractivity contribution in [3.05, 3.63) is 105 Å². The first-order valence-corrected chi connectivity index (χ1v) is 28.5. The molecule has 5 atom stereocenters. The minimum Gasteiger partial charge on any atom is -0.462 e. The van der Waals surface area contributed by atoms with Crippen LogP contribution in [0.4, 0.5) is 27.4 Å². The van der Waals surface area contributed by atoms with Crippen molar-refractivity contribution in [3.63, 3.8) is 0 Å². The third-order valence-electron chi connectivity index (χ3n) is 17.8. The quantitative estimate of drug-likeness (QED) is 0.110. The Labute approximate surface area is 475 Å². The molecule has 2 amide bonds. The zero-order valence-electron chi connectivity index (χ0n) is 47.2. The number of hydrogen-bond donors (Lipinski definition) is 0. The van der Waals surface area contributed by atoms with Gasteiger partial charge in [0.25, 0.3) is 11.8 Å². The minimum atomic E-state index is -1.03. The fraction of sp³-hybridized carbons (Fsp3) is 0.533. The first-order valence-electron chi connectivity index (χ1n) is 28.2. The predicted molar refractivity (Wildman–Crippen MR) is 307 cm³/mol. The van der Waals surface area contributed by atoms with Crippen molar-refractivity contribution in [2.45, 2.75) is 116 Å². The van der Waals surface area contributed by atoms with Crippen LogP contribution >= 0.6 is 11.6 Å². The second-order valence-electron chi connectivity index (χ2n) is 22.7. The van der Waals surface area contributed by atoms with E-state index in [-0.39, 0.29) is 60.4 Å². The van der Waals surface area contributed by atoms with Gasteiger partial charge in [-0.05, 0) is 126 Å². The summed E-state index contributed by atoms with van der Waals surface area (Å²) in [5.41, 5.74) is 12.4. The van der Waals surface area contributed by atoms with E-state index in [1.54, 1.807) is 4.90 Å². The number of nitrogens with zero attached hydrogens (tertiary/aromatic N) is 14. The molecule has 80 heavy (non-hydrogen) atoms. The summed E-state index contributed by atoms with van der Waals surface area (Å²) in [7, 11) is 4.28. The summed E-state index contributed by atoms with van der Waals surface area (Å²) < 4.78 is 27.3. The number of likely N-dealkylation sites (N-methyl/N-ethyl adjacent to an activating group) is 2. The van der Waals surface area contributed by atoms with Gasteiger partial charge in [-0.15, -0.1) is 0 Å². The van der Waals surface area contributed by atoms with Crippen LogP contribution in [-0.2, 0) is 35.5 Å². The Balaban J connectivity index is 0.881. The molecule has 4 fully saturated rings. The lowest BCUT2D eigenvalue weighted by Crippen LogP contribution is -2.55. The summed E-state index contributed by atoms with van der Waals surface area (Å²) in [6.07, 6.45) is 4.63. The number of aromatic nitrogens is 4. The maximum atomic E-state index is 14.2. The SMILES string of the molecule is C=C(F)C(=O)N1CCN(c2nc(OC[C@@H]3CC(c4cc(C)c(C)c(N5CCc6c(nc(OC[C@@H]7CCCN7C)nc6N6CCN(C(=O)C(=C)Cl)[C@@H](CC#N)C6)C5)c4)CN3C)nc3c2CCN(c2cccc(C)c2C)C3)C[C@@H]1CC#N. The summed E-state index contributed by atoms with van der Waals surface area (Å²) >= 11 is 6.10. The molecule has 0 bridgehead atoms. The van der Waals surface area contributed by atoms with Crippen LogP contribution < -0.4 is 29.1 Å². The van der Waals surface area contributed by atoms with Crippen molar-refractivity contribution in [2.24, 2.45) is 0 Å². The van der Waals surface area contributed by atoms with E-state index in [1.165, 1.54) is 38.4 Å². The molecule has 0 N–H and O–H groups in total. The summed E-state index contributed by atoms with van der Waals surface area (Å²) in [6.45, 7) is 23.2. The van der Waals surface area contributed by atoms with Crippen molar-refractivity contribution >= 4 is 46.4 Å². The smallest absolute Gasteiger partial charge is 0.318 e. The maximum absolute atomic E-state index is 14.2. The number of halogens is 2. The van der Waals surface area contributed by atoms with Crippen molar-refractivity contribution in [1.82, 2.24) is 39.5 Å². The van der Waals surface area contributed by atoms with Gasteiger partial charge in [0.05, 0.1) is 66.6 Å². The summed E-state index contributed by atoms with van der Waals surface area (Å²) in [5, 5.41) is 19.5. The predicted octanol–water partition coefficient (Wildman–Crippen LogP) is 7.06. The first kappa shape index (κ1) is 56.2. The van der Waals surface area contributed by atoms with Crippen LogP contribution in [0, 0.1) is 50.4 Å². The number of carbonyl (C=O) groups is 2. The van der Waals surface area contributed by atoms with E-state index in [9.17, 15) is 24.5 Å². The second kappa shape index (κ2) is 24.0. The van der Waals surface area contributed by atoms with Gasteiger partial charge in [0, 0.05) is 93.5 Å². The third kappa shape index (κ3) is 11.6. The van der Waals surface area contributed by atoms with E-state index in [1.807, 2.05) is 0 Å². The van der Waals surface area contributed by atoms with Gasteiger partial charge in [-0.2, -0.15) is 30.5 Å². The minimum absolute atomic E-state index is 0.0456. The molecule has 4 aromatic rings. The van der Waals surface area contributed by atoms with Crippen LogP contribution in [0.5, 0.6) is 12.0 Å². The fourth-order valence-electron chi connectivity index (χ4n) is 12.9. The monoisotopic (exact) mass is 1110 g/mol. The Morgan fingerprint density at radius 1 is 0.675 bits per heavy atom. The molecule has 0 radical (unpaired) electrons. The summed E-state index contributed by atoms with van der Waals surface area (Å²) in [5.74, 6) is -0.405. The average molecular weight is 1110 g/mol. The highest BCUT2D eigenvalue weighted by Crippen LogP contribution is 2.40. The molecule has 20 heteroatoms.